The molecule has 1 atom stereocenters. The first-order valence-electron chi connectivity index (χ1n) is 5.78. The van der Waals surface area contributed by atoms with Crippen molar-refractivity contribution < 1.29 is 14.0 Å². The first kappa shape index (κ1) is 13.1. The predicted molar refractivity (Wildman–Crippen MR) is 69.2 cm³/mol. The third-order valence-corrected chi connectivity index (χ3v) is 3.45. The zero-order chi connectivity index (χ0) is 13.3. The molecular formula is C12H15BrN2O3. The molecule has 0 bridgehead atoms. The number of likely N-dealkylation sites (tertiary alicyclic amines) is 1. The van der Waals surface area contributed by atoms with Gasteiger partial charge in [0.25, 0.3) is 5.91 Å². The summed E-state index contributed by atoms with van der Waals surface area (Å²) in [6.45, 7) is 0.599. The molecule has 0 aromatic carbocycles. The molecule has 2 rings (SSSR count). The smallest absolute Gasteiger partial charge is 0.290 e. The van der Waals surface area contributed by atoms with Crippen molar-refractivity contribution >= 4 is 27.7 Å². The zero-order valence-electron chi connectivity index (χ0n) is 10.4. The maximum absolute atomic E-state index is 12.2. The number of rotatable bonds is 2. The zero-order valence-corrected chi connectivity index (χ0v) is 11.9. The van der Waals surface area contributed by atoms with Crippen LogP contribution in [-0.2, 0) is 4.79 Å². The predicted octanol–water partition coefficient (Wildman–Crippen LogP) is 1.73. The highest BCUT2D eigenvalue weighted by Crippen LogP contribution is 2.23. The Morgan fingerprint density at radius 2 is 2.17 bits per heavy atom. The van der Waals surface area contributed by atoms with Crippen LogP contribution in [0.25, 0.3) is 0 Å². The van der Waals surface area contributed by atoms with E-state index in [0.29, 0.717) is 17.6 Å². The summed E-state index contributed by atoms with van der Waals surface area (Å²) in [7, 11) is 3.40. The minimum Gasteiger partial charge on any atom is -0.444 e. The molecular weight excluding hydrogens is 300 g/mol. The monoisotopic (exact) mass is 314 g/mol. The lowest BCUT2D eigenvalue weighted by Gasteiger charge is -2.25. The average Bonchev–Trinajstić information content (AvgIpc) is 2.95. The number of carbonyl (C=O) groups excluding carboxylic acids is 2. The number of amides is 2. The van der Waals surface area contributed by atoms with E-state index in [1.165, 1.54) is 4.90 Å². The highest BCUT2D eigenvalue weighted by molar-refractivity contribution is 9.10. The average molecular weight is 315 g/mol. The fraction of sp³-hybridized carbons (Fsp3) is 0.500. The minimum absolute atomic E-state index is 0.0357. The van der Waals surface area contributed by atoms with Crippen molar-refractivity contribution in [1.29, 1.82) is 0 Å². The summed E-state index contributed by atoms with van der Waals surface area (Å²) in [5.41, 5.74) is 0. The van der Waals surface area contributed by atoms with Crippen LogP contribution >= 0.6 is 15.9 Å². The molecule has 1 aliphatic rings. The second-order valence-electron chi connectivity index (χ2n) is 4.49. The number of nitrogens with zero attached hydrogens (tertiary/aromatic N) is 2. The summed E-state index contributed by atoms with van der Waals surface area (Å²) in [4.78, 5) is 27.3. The summed E-state index contributed by atoms with van der Waals surface area (Å²) in [5, 5.41) is 0. The highest BCUT2D eigenvalue weighted by atomic mass is 79.9. The molecule has 1 fully saturated rings. The molecule has 0 unspecified atom stereocenters. The standard InChI is InChI=1S/C12H15BrN2O3/c1-14(2)11(16)8-4-3-7-15(8)12(17)9-5-6-10(13)18-9/h5-6,8H,3-4,7H2,1-2H3/t8-/m0/s1. The fourth-order valence-electron chi connectivity index (χ4n) is 2.14. The van der Waals surface area contributed by atoms with Crippen LogP contribution < -0.4 is 0 Å². The van der Waals surface area contributed by atoms with E-state index >= 15 is 0 Å². The summed E-state index contributed by atoms with van der Waals surface area (Å²) in [5.74, 6) is 0.00482. The molecule has 1 aromatic heterocycles. The van der Waals surface area contributed by atoms with Gasteiger partial charge in [-0.3, -0.25) is 9.59 Å². The Bertz CT molecular complexity index is 470. The number of hydrogen-bond acceptors (Lipinski definition) is 3. The van der Waals surface area contributed by atoms with Gasteiger partial charge in [0.15, 0.2) is 10.4 Å². The van der Waals surface area contributed by atoms with Crippen molar-refractivity contribution in [3.05, 3.63) is 22.6 Å². The number of furan rings is 1. The van der Waals surface area contributed by atoms with E-state index in [4.69, 9.17) is 4.42 Å². The van der Waals surface area contributed by atoms with Crippen LogP contribution in [0.15, 0.2) is 21.2 Å². The number of hydrogen-bond donors (Lipinski definition) is 0. The molecule has 2 heterocycles. The van der Waals surface area contributed by atoms with Crippen molar-refractivity contribution in [2.24, 2.45) is 0 Å². The third kappa shape index (κ3) is 2.43. The van der Waals surface area contributed by atoms with Crippen molar-refractivity contribution in [3.8, 4) is 0 Å². The Labute approximate surface area is 114 Å². The molecule has 1 aromatic rings. The summed E-state index contributed by atoms with van der Waals surface area (Å²) in [6, 6.07) is 2.92. The Hall–Kier alpha value is -1.30. The molecule has 0 N–H and O–H groups in total. The minimum atomic E-state index is -0.364. The van der Waals surface area contributed by atoms with Crippen LogP contribution in [0.4, 0.5) is 0 Å². The molecule has 0 aliphatic carbocycles. The maximum Gasteiger partial charge on any atom is 0.290 e. The topological polar surface area (TPSA) is 53.8 Å². The molecule has 1 aliphatic heterocycles. The van der Waals surface area contributed by atoms with E-state index in [1.54, 1.807) is 31.1 Å². The van der Waals surface area contributed by atoms with Crippen molar-refractivity contribution in [2.45, 2.75) is 18.9 Å². The van der Waals surface area contributed by atoms with E-state index in [1.807, 2.05) is 0 Å². The van der Waals surface area contributed by atoms with Crippen molar-refractivity contribution in [1.82, 2.24) is 9.80 Å². The van der Waals surface area contributed by atoms with Crippen LogP contribution in [0, 0.1) is 0 Å². The van der Waals surface area contributed by atoms with E-state index in [2.05, 4.69) is 15.9 Å². The lowest BCUT2D eigenvalue weighted by atomic mass is 10.2. The van der Waals surface area contributed by atoms with Gasteiger partial charge in [0.1, 0.15) is 6.04 Å². The van der Waals surface area contributed by atoms with Crippen LogP contribution in [0.3, 0.4) is 0 Å². The molecule has 6 heteroatoms. The first-order valence-corrected chi connectivity index (χ1v) is 6.57. The third-order valence-electron chi connectivity index (χ3n) is 3.02. The second kappa shape index (κ2) is 5.14. The Kier molecular flexibility index (Phi) is 3.75. The molecule has 98 valence electrons. The molecule has 1 saturated heterocycles. The first-order chi connectivity index (χ1) is 8.50. The van der Waals surface area contributed by atoms with E-state index < -0.39 is 0 Å². The number of carbonyl (C=O) groups is 2. The molecule has 5 nitrogen and oxygen atoms in total. The van der Waals surface area contributed by atoms with Gasteiger partial charge in [0.05, 0.1) is 0 Å². The van der Waals surface area contributed by atoms with Crippen LogP contribution in [0.2, 0.25) is 0 Å². The van der Waals surface area contributed by atoms with Gasteiger partial charge < -0.3 is 14.2 Å². The molecule has 0 spiro atoms. The summed E-state index contributed by atoms with van der Waals surface area (Å²) < 4.78 is 5.76. The van der Waals surface area contributed by atoms with Crippen LogP contribution in [-0.4, -0.2) is 48.3 Å². The van der Waals surface area contributed by atoms with E-state index in [-0.39, 0.29) is 23.6 Å². The largest absolute Gasteiger partial charge is 0.444 e. The van der Waals surface area contributed by atoms with Gasteiger partial charge in [0, 0.05) is 20.6 Å². The van der Waals surface area contributed by atoms with Crippen molar-refractivity contribution in [2.75, 3.05) is 20.6 Å². The SMILES string of the molecule is CN(C)C(=O)[C@@H]1CCCN1C(=O)c1ccc(Br)o1. The highest BCUT2D eigenvalue weighted by Gasteiger charge is 2.36. The van der Waals surface area contributed by atoms with Gasteiger partial charge in [-0.05, 0) is 40.9 Å². The molecule has 2 amide bonds. The normalized spacial score (nSPS) is 19.1. The Balaban J connectivity index is 2.17. The lowest BCUT2D eigenvalue weighted by Crippen LogP contribution is -2.45. The fourth-order valence-corrected chi connectivity index (χ4v) is 2.44. The van der Waals surface area contributed by atoms with Gasteiger partial charge in [-0.25, -0.2) is 0 Å². The number of likely N-dealkylation sites (N-methyl/N-ethyl adjacent to an activating group) is 1. The Morgan fingerprint density at radius 3 is 2.72 bits per heavy atom. The lowest BCUT2D eigenvalue weighted by molar-refractivity contribution is -0.132. The van der Waals surface area contributed by atoms with Gasteiger partial charge in [0.2, 0.25) is 5.91 Å². The van der Waals surface area contributed by atoms with Gasteiger partial charge in [-0.2, -0.15) is 0 Å². The van der Waals surface area contributed by atoms with Crippen molar-refractivity contribution in [3.63, 3.8) is 0 Å². The van der Waals surface area contributed by atoms with Crippen LogP contribution in [0.5, 0.6) is 0 Å². The van der Waals surface area contributed by atoms with Crippen LogP contribution in [0.1, 0.15) is 23.4 Å². The molecule has 0 radical (unpaired) electrons. The van der Waals surface area contributed by atoms with Gasteiger partial charge >= 0.3 is 0 Å². The summed E-state index contributed by atoms with van der Waals surface area (Å²) >= 11 is 3.16. The molecule has 18 heavy (non-hydrogen) atoms. The van der Waals surface area contributed by atoms with E-state index in [0.717, 1.165) is 6.42 Å². The second-order valence-corrected chi connectivity index (χ2v) is 5.27. The Morgan fingerprint density at radius 1 is 1.44 bits per heavy atom. The maximum atomic E-state index is 12.2. The van der Waals surface area contributed by atoms with Gasteiger partial charge in [-0.1, -0.05) is 0 Å². The number of halogens is 1. The van der Waals surface area contributed by atoms with E-state index in [9.17, 15) is 9.59 Å². The summed E-state index contributed by atoms with van der Waals surface area (Å²) in [6.07, 6.45) is 1.56. The molecule has 0 saturated carbocycles. The van der Waals surface area contributed by atoms with Gasteiger partial charge in [-0.15, -0.1) is 0 Å². The quantitative estimate of drug-likeness (QED) is 0.835.